The minimum absolute atomic E-state index is 0.190. The summed E-state index contributed by atoms with van der Waals surface area (Å²) in [6.45, 7) is 1.68. The van der Waals surface area contributed by atoms with Crippen molar-refractivity contribution in [1.82, 2.24) is 4.90 Å². The van der Waals surface area contributed by atoms with Gasteiger partial charge in [-0.25, -0.2) is 0 Å². The predicted molar refractivity (Wildman–Crippen MR) is 58.0 cm³/mol. The van der Waals surface area contributed by atoms with Crippen molar-refractivity contribution in [1.29, 1.82) is 5.26 Å². The van der Waals surface area contributed by atoms with Gasteiger partial charge in [0.2, 0.25) is 6.19 Å². The van der Waals surface area contributed by atoms with E-state index in [4.69, 9.17) is 5.26 Å². The lowest BCUT2D eigenvalue weighted by Gasteiger charge is -2.21. The largest absolute Gasteiger partial charge is 0.393 e. The molecule has 78 valence electrons. The van der Waals surface area contributed by atoms with Gasteiger partial charge in [0, 0.05) is 13.1 Å². The van der Waals surface area contributed by atoms with Crippen LogP contribution in [0.2, 0.25) is 0 Å². The van der Waals surface area contributed by atoms with E-state index in [2.05, 4.69) is 9.89 Å². The summed E-state index contributed by atoms with van der Waals surface area (Å²) in [6, 6.07) is 0. The van der Waals surface area contributed by atoms with Gasteiger partial charge >= 0.3 is 0 Å². The minimum Gasteiger partial charge on any atom is -0.393 e. The number of hydrogen-bond donors (Lipinski definition) is 1. The van der Waals surface area contributed by atoms with Crippen LogP contribution < -0.4 is 0 Å². The highest BCUT2D eigenvalue weighted by Gasteiger charge is 2.17. The van der Waals surface area contributed by atoms with Crippen molar-refractivity contribution < 1.29 is 5.11 Å². The summed E-state index contributed by atoms with van der Waals surface area (Å²) in [5, 5.41) is 18.7. The fourth-order valence-electron chi connectivity index (χ4n) is 1.56. The topological polar surface area (TPSA) is 59.6 Å². The zero-order valence-corrected chi connectivity index (χ0v) is 9.13. The lowest BCUT2D eigenvalue weighted by molar-refractivity contribution is 0.159. The quantitative estimate of drug-likeness (QED) is 0.371. The molecular formula is C9H15N3OS. The third-order valence-corrected chi connectivity index (χ3v) is 3.01. The van der Waals surface area contributed by atoms with E-state index in [1.807, 2.05) is 12.4 Å². The average Bonchev–Trinajstić information content (AvgIpc) is 2.40. The number of amidine groups is 1. The fraction of sp³-hybridized carbons (Fsp3) is 0.778. The van der Waals surface area contributed by atoms with Crippen molar-refractivity contribution in [3.63, 3.8) is 0 Å². The molecule has 1 atom stereocenters. The normalized spacial score (nSPS) is 24.2. The van der Waals surface area contributed by atoms with Crippen molar-refractivity contribution in [2.45, 2.75) is 25.4 Å². The first-order valence-corrected chi connectivity index (χ1v) is 5.94. The second-order valence-electron chi connectivity index (χ2n) is 3.27. The zero-order chi connectivity index (χ0) is 10.4. The molecule has 0 aromatic carbocycles. The highest BCUT2D eigenvalue weighted by molar-refractivity contribution is 8.13. The minimum atomic E-state index is -0.190. The maximum Gasteiger partial charge on any atom is 0.208 e. The molecule has 0 aliphatic carbocycles. The Morgan fingerprint density at radius 1 is 1.57 bits per heavy atom. The molecule has 0 bridgehead atoms. The van der Waals surface area contributed by atoms with Crippen LogP contribution >= 0.6 is 11.8 Å². The number of aliphatic hydroxyl groups is 1. The van der Waals surface area contributed by atoms with Crippen molar-refractivity contribution in [3.05, 3.63) is 0 Å². The van der Waals surface area contributed by atoms with Gasteiger partial charge in [0.1, 0.15) is 0 Å². The van der Waals surface area contributed by atoms with Gasteiger partial charge in [-0.3, -0.25) is 0 Å². The van der Waals surface area contributed by atoms with E-state index in [1.165, 1.54) is 11.8 Å². The molecule has 0 spiro atoms. The third-order valence-electron chi connectivity index (χ3n) is 2.30. The number of likely N-dealkylation sites (tertiary alicyclic amines) is 1. The highest BCUT2D eigenvalue weighted by Crippen LogP contribution is 2.14. The Morgan fingerprint density at radius 3 is 3.00 bits per heavy atom. The van der Waals surface area contributed by atoms with E-state index in [-0.39, 0.29) is 6.10 Å². The molecule has 1 rings (SSSR count). The number of rotatable bonds is 0. The van der Waals surface area contributed by atoms with Crippen molar-refractivity contribution in [2.75, 3.05) is 19.3 Å². The van der Waals surface area contributed by atoms with Gasteiger partial charge in [-0.15, -0.1) is 4.99 Å². The number of thioether (sulfide) groups is 1. The predicted octanol–water partition coefficient (Wildman–Crippen LogP) is 1.03. The lowest BCUT2D eigenvalue weighted by atomic mass is 10.2. The molecule has 1 unspecified atom stereocenters. The van der Waals surface area contributed by atoms with Crippen LogP contribution in [0.4, 0.5) is 0 Å². The Labute approximate surface area is 88.6 Å². The maximum absolute atomic E-state index is 9.45. The Hall–Kier alpha value is -0.730. The van der Waals surface area contributed by atoms with Crippen molar-refractivity contribution in [2.24, 2.45) is 4.99 Å². The summed E-state index contributed by atoms with van der Waals surface area (Å²) in [4.78, 5) is 5.84. The average molecular weight is 213 g/mol. The van der Waals surface area contributed by atoms with Gasteiger partial charge in [0.15, 0.2) is 5.17 Å². The molecule has 14 heavy (non-hydrogen) atoms. The SMILES string of the molecule is CSC(=NC#N)N1CCCC(O)CC1. The van der Waals surface area contributed by atoms with Crippen LogP contribution in [0.15, 0.2) is 4.99 Å². The van der Waals surface area contributed by atoms with Gasteiger partial charge in [-0.1, -0.05) is 11.8 Å². The molecular weight excluding hydrogens is 198 g/mol. The van der Waals surface area contributed by atoms with Crippen LogP contribution in [0.3, 0.4) is 0 Å². The molecule has 0 saturated carbocycles. The molecule has 1 heterocycles. The molecule has 1 aliphatic rings. The molecule has 1 saturated heterocycles. The molecule has 5 heteroatoms. The van der Waals surface area contributed by atoms with Gasteiger partial charge < -0.3 is 10.0 Å². The molecule has 0 aromatic heterocycles. The number of hydrogen-bond acceptors (Lipinski definition) is 4. The molecule has 4 nitrogen and oxygen atoms in total. The monoisotopic (exact) mass is 213 g/mol. The first-order valence-electron chi connectivity index (χ1n) is 4.71. The Bertz CT molecular complexity index is 249. The zero-order valence-electron chi connectivity index (χ0n) is 8.31. The van der Waals surface area contributed by atoms with Crippen LogP contribution in [0.5, 0.6) is 0 Å². The van der Waals surface area contributed by atoms with E-state index in [0.29, 0.717) is 0 Å². The van der Waals surface area contributed by atoms with E-state index >= 15 is 0 Å². The number of nitrogens with zero attached hydrogens (tertiary/aromatic N) is 3. The van der Waals surface area contributed by atoms with Gasteiger partial charge in [-0.05, 0) is 25.5 Å². The van der Waals surface area contributed by atoms with Gasteiger partial charge in [-0.2, -0.15) is 5.26 Å². The van der Waals surface area contributed by atoms with E-state index in [0.717, 1.165) is 37.5 Å². The molecule has 0 amide bonds. The van der Waals surface area contributed by atoms with Crippen LogP contribution in [-0.4, -0.2) is 40.6 Å². The van der Waals surface area contributed by atoms with Crippen molar-refractivity contribution in [3.8, 4) is 6.19 Å². The summed E-state index contributed by atoms with van der Waals surface area (Å²) in [6.07, 6.45) is 6.12. The smallest absolute Gasteiger partial charge is 0.208 e. The first kappa shape index (κ1) is 11.3. The van der Waals surface area contributed by atoms with E-state index in [9.17, 15) is 5.11 Å². The summed E-state index contributed by atoms with van der Waals surface area (Å²) in [7, 11) is 0. The Morgan fingerprint density at radius 2 is 2.36 bits per heavy atom. The molecule has 1 fully saturated rings. The molecule has 0 aromatic rings. The lowest BCUT2D eigenvalue weighted by Crippen LogP contribution is -2.29. The number of aliphatic hydroxyl groups excluding tert-OH is 1. The Balaban J connectivity index is 2.58. The molecule has 1 aliphatic heterocycles. The third kappa shape index (κ3) is 3.20. The van der Waals surface area contributed by atoms with Crippen molar-refractivity contribution >= 4 is 16.9 Å². The second kappa shape index (κ2) is 5.89. The van der Waals surface area contributed by atoms with Crippen LogP contribution in [0, 0.1) is 11.5 Å². The van der Waals surface area contributed by atoms with E-state index < -0.39 is 0 Å². The van der Waals surface area contributed by atoms with Crippen LogP contribution in [-0.2, 0) is 0 Å². The standard InChI is InChI=1S/C9H15N3OS/c1-14-9(11-7-10)12-5-2-3-8(13)4-6-12/h8,13H,2-6H2,1H3. The number of nitriles is 1. The molecule has 0 radical (unpaired) electrons. The first-order chi connectivity index (χ1) is 6.77. The maximum atomic E-state index is 9.45. The molecule has 1 N–H and O–H groups in total. The van der Waals surface area contributed by atoms with Gasteiger partial charge in [0.25, 0.3) is 0 Å². The fourth-order valence-corrected chi connectivity index (χ4v) is 2.13. The highest BCUT2D eigenvalue weighted by atomic mass is 32.2. The Kier molecular flexibility index (Phi) is 4.77. The van der Waals surface area contributed by atoms with Gasteiger partial charge in [0.05, 0.1) is 6.10 Å². The summed E-state index contributed by atoms with van der Waals surface area (Å²) in [5.41, 5.74) is 0. The second-order valence-corrected chi connectivity index (χ2v) is 4.04. The number of aliphatic imine (C=N–C) groups is 1. The summed E-state index contributed by atoms with van der Waals surface area (Å²) in [5.74, 6) is 0. The summed E-state index contributed by atoms with van der Waals surface area (Å²) < 4.78 is 0. The summed E-state index contributed by atoms with van der Waals surface area (Å²) >= 11 is 1.48. The van der Waals surface area contributed by atoms with E-state index in [1.54, 1.807) is 0 Å². The van der Waals surface area contributed by atoms with Crippen LogP contribution in [0.25, 0.3) is 0 Å². The van der Waals surface area contributed by atoms with Crippen LogP contribution in [0.1, 0.15) is 19.3 Å².